The summed E-state index contributed by atoms with van der Waals surface area (Å²) in [6.07, 6.45) is 0.295. The van der Waals surface area contributed by atoms with Gasteiger partial charge in [-0.3, -0.25) is 4.79 Å². The van der Waals surface area contributed by atoms with Gasteiger partial charge in [0.05, 0.1) is 11.6 Å². The minimum atomic E-state index is -1.67. The van der Waals surface area contributed by atoms with E-state index >= 15 is 0 Å². The van der Waals surface area contributed by atoms with E-state index in [9.17, 15) is 22.8 Å². The van der Waals surface area contributed by atoms with Crippen molar-refractivity contribution in [3.63, 3.8) is 0 Å². The Labute approximate surface area is 112 Å². The molecule has 20 heavy (non-hydrogen) atoms. The quantitative estimate of drug-likeness (QED) is 0.818. The van der Waals surface area contributed by atoms with E-state index in [1.807, 2.05) is 0 Å². The molecule has 1 atom stereocenters. The Kier molecular flexibility index (Phi) is 3.82. The normalized spacial score (nSPS) is 18.1. The molecular weight excluding hydrogens is 277 g/mol. The summed E-state index contributed by atoms with van der Waals surface area (Å²) in [6.45, 7) is 0.195. The van der Waals surface area contributed by atoms with E-state index in [4.69, 9.17) is 5.11 Å². The predicted molar refractivity (Wildman–Crippen MR) is 62.7 cm³/mol. The van der Waals surface area contributed by atoms with Gasteiger partial charge in [0, 0.05) is 13.1 Å². The van der Waals surface area contributed by atoms with Crippen molar-refractivity contribution in [2.75, 3.05) is 18.4 Å². The number of rotatable bonds is 2. The van der Waals surface area contributed by atoms with Crippen molar-refractivity contribution in [3.05, 3.63) is 29.6 Å². The van der Waals surface area contributed by atoms with E-state index in [1.54, 1.807) is 0 Å². The molecule has 8 heteroatoms. The Morgan fingerprint density at radius 1 is 1.25 bits per heavy atom. The number of urea groups is 1. The molecule has 0 aliphatic carbocycles. The van der Waals surface area contributed by atoms with Crippen LogP contribution in [0.25, 0.3) is 0 Å². The van der Waals surface area contributed by atoms with Crippen molar-refractivity contribution >= 4 is 17.7 Å². The Bertz CT molecular complexity index is 565. The van der Waals surface area contributed by atoms with Crippen LogP contribution in [0.5, 0.6) is 0 Å². The molecular formula is C12H11F3N2O3. The molecule has 1 aliphatic heterocycles. The van der Waals surface area contributed by atoms with Crippen molar-refractivity contribution < 1.29 is 27.9 Å². The highest BCUT2D eigenvalue weighted by atomic mass is 19.2. The molecule has 1 fully saturated rings. The van der Waals surface area contributed by atoms with Gasteiger partial charge >= 0.3 is 12.0 Å². The summed E-state index contributed by atoms with van der Waals surface area (Å²) in [5.74, 6) is -6.21. The average molecular weight is 288 g/mol. The van der Waals surface area contributed by atoms with Crippen LogP contribution in [0.1, 0.15) is 6.42 Å². The van der Waals surface area contributed by atoms with Gasteiger partial charge in [-0.05, 0) is 18.6 Å². The second-order valence-corrected chi connectivity index (χ2v) is 4.42. The fourth-order valence-corrected chi connectivity index (χ4v) is 1.96. The molecule has 2 amide bonds. The van der Waals surface area contributed by atoms with E-state index in [1.165, 1.54) is 4.90 Å². The van der Waals surface area contributed by atoms with E-state index < -0.39 is 41.1 Å². The molecule has 5 nitrogen and oxygen atoms in total. The lowest BCUT2D eigenvalue weighted by atomic mass is 10.1. The largest absolute Gasteiger partial charge is 0.481 e. The van der Waals surface area contributed by atoms with Gasteiger partial charge in [0.15, 0.2) is 17.5 Å². The zero-order valence-electron chi connectivity index (χ0n) is 10.2. The van der Waals surface area contributed by atoms with Gasteiger partial charge in [-0.1, -0.05) is 0 Å². The maximum atomic E-state index is 13.4. The van der Waals surface area contributed by atoms with Crippen LogP contribution in [-0.2, 0) is 4.79 Å². The van der Waals surface area contributed by atoms with Crippen LogP contribution < -0.4 is 5.32 Å². The Hall–Kier alpha value is -2.25. The number of nitrogens with zero attached hydrogens (tertiary/aromatic N) is 1. The van der Waals surface area contributed by atoms with Gasteiger partial charge in [0.25, 0.3) is 0 Å². The number of aliphatic carboxylic acids is 1. The first-order valence-electron chi connectivity index (χ1n) is 5.82. The van der Waals surface area contributed by atoms with E-state index in [0.717, 1.165) is 6.07 Å². The molecule has 0 spiro atoms. The number of carbonyl (C=O) groups excluding carboxylic acids is 1. The first-order valence-corrected chi connectivity index (χ1v) is 5.82. The third-order valence-corrected chi connectivity index (χ3v) is 3.10. The van der Waals surface area contributed by atoms with Gasteiger partial charge in [-0.15, -0.1) is 0 Å². The van der Waals surface area contributed by atoms with Crippen LogP contribution in [0.2, 0.25) is 0 Å². The van der Waals surface area contributed by atoms with Gasteiger partial charge in [0.1, 0.15) is 0 Å². The zero-order chi connectivity index (χ0) is 14.9. The molecule has 2 rings (SSSR count). The molecule has 0 radical (unpaired) electrons. The summed E-state index contributed by atoms with van der Waals surface area (Å²) in [5, 5.41) is 10.9. The Balaban J connectivity index is 2.06. The number of carbonyl (C=O) groups is 2. The lowest BCUT2D eigenvalue weighted by Crippen LogP contribution is -2.34. The maximum Gasteiger partial charge on any atom is 0.321 e. The molecule has 1 heterocycles. The van der Waals surface area contributed by atoms with Crippen LogP contribution in [0.3, 0.4) is 0 Å². The van der Waals surface area contributed by atoms with Crippen LogP contribution >= 0.6 is 0 Å². The highest BCUT2D eigenvalue weighted by Gasteiger charge is 2.31. The number of anilines is 1. The number of nitrogens with one attached hydrogen (secondary N) is 1. The number of amides is 2. The van der Waals surface area contributed by atoms with Crippen LogP contribution in [0.4, 0.5) is 23.7 Å². The molecule has 1 aromatic rings. The second kappa shape index (κ2) is 5.40. The Morgan fingerprint density at radius 3 is 2.55 bits per heavy atom. The fourth-order valence-electron chi connectivity index (χ4n) is 1.96. The van der Waals surface area contributed by atoms with Crippen molar-refractivity contribution in [1.82, 2.24) is 4.90 Å². The summed E-state index contributed by atoms with van der Waals surface area (Å²) in [7, 11) is 0. The van der Waals surface area contributed by atoms with Crippen molar-refractivity contribution in [1.29, 1.82) is 0 Å². The standard InChI is InChI=1S/C12H11F3N2O3/c13-7-1-2-8(10(15)9(7)14)16-12(20)17-4-3-6(5-17)11(18)19/h1-2,6H,3-5H2,(H,16,20)(H,18,19). The Morgan fingerprint density at radius 2 is 1.95 bits per heavy atom. The molecule has 1 aromatic carbocycles. The van der Waals surface area contributed by atoms with Crippen LogP contribution in [0, 0.1) is 23.4 Å². The third kappa shape index (κ3) is 2.68. The van der Waals surface area contributed by atoms with Crippen molar-refractivity contribution in [2.24, 2.45) is 5.92 Å². The second-order valence-electron chi connectivity index (χ2n) is 4.42. The highest BCUT2D eigenvalue weighted by Crippen LogP contribution is 2.22. The topological polar surface area (TPSA) is 69.6 Å². The van der Waals surface area contributed by atoms with E-state index in [0.29, 0.717) is 12.5 Å². The summed E-state index contributed by atoms with van der Waals surface area (Å²) in [6, 6.07) is 0.840. The summed E-state index contributed by atoms with van der Waals surface area (Å²) >= 11 is 0. The third-order valence-electron chi connectivity index (χ3n) is 3.10. The number of hydrogen-bond acceptors (Lipinski definition) is 2. The van der Waals surface area contributed by atoms with E-state index in [-0.39, 0.29) is 13.1 Å². The molecule has 1 saturated heterocycles. The zero-order valence-corrected chi connectivity index (χ0v) is 10.2. The number of halogens is 3. The number of carboxylic acid groups (broad SMARTS) is 1. The lowest BCUT2D eigenvalue weighted by molar-refractivity contribution is -0.141. The molecule has 1 aliphatic rings. The summed E-state index contributed by atoms with van der Waals surface area (Å²) < 4.78 is 39.1. The molecule has 1 unspecified atom stereocenters. The fraction of sp³-hybridized carbons (Fsp3) is 0.333. The average Bonchev–Trinajstić information content (AvgIpc) is 2.89. The summed E-state index contributed by atoms with van der Waals surface area (Å²) in [5.41, 5.74) is -0.493. The SMILES string of the molecule is O=C(O)C1CCN(C(=O)Nc2ccc(F)c(F)c2F)C1. The van der Waals surface area contributed by atoms with Crippen molar-refractivity contribution in [2.45, 2.75) is 6.42 Å². The van der Waals surface area contributed by atoms with Crippen LogP contribution in [-0.4, -0.2) is 35.1 Å². The van der Waals surface area contributed by atoms with Crippen molar-refractivity contribution in [3.8, 4) is 0 Å². The highest BCUT2D eigenvalue weighted by molar-refractivity contribution is 5.90. The van der Waals surface area contributed by atoms with Gasteiger partial charge < -0.3 is 15.3 Å². The number of likely N-dealkylation sites (tertiary alicyclic amines) is 1. The minimum absolute atomic E-state index is 0.00748. The monoisotopic (exact) mass is 288 g/mol. The lowest BCUT2D eigenvalue weighted by Gasteiger charge is -2.17. The summed E-state index contributed by atoms with van der Waals surface area (Å²) in [4.78, 5) is 23.7. The van der Waals surface area contributed by atoms with Gasteiger partial charge in [-0.25, -0.2) is 18.0 Å². The molecule has 108 valence electrons. The predicted octanol–water partition coefficient (Wildman–Crippen LogP) is 2.04. The minimum Gasteiger partial charge on any atom is -0.481 e. The van der Waals surface area contributed by atoms with E-state index in [2.05, 4.69) is 5.32 Å². The number of hydrogen-bond donors (Lipinski definition) is 2. The smallest absolute Gasteiger partial charge is 0.321 e. The molecule has 0 bridgehead atoms. The number of carboxylic acids is 1. The molecule has 0 saturated carbocycles. The van der Waals surface area contributed by atoms with Gasteiger partial charge in [0.2, 0.25) is 0 Å². The maximum absolute atomic E-state index is 13.4. The molecule has 0 aromatic heterocycles. The first kappa shape index (κ1) is 14.2. The van der Waals surface area contributed by atoms with Crippen LogP contribution in [0.15, 0.2) is 12.1 Å². The molecule has 2 N–H and O–H groups in total. The number of benzene rings is 1. The van der Waals surface area contributed by atoms with Gasteiger partial charge in [-0.2, -0.15) is 0 Å². The first-order chi connectivity index (χ1) is 9.40.